The molecular formula is C28H25F3N4O3. The number of nitrogens with one attached hydrogen (secondary N) is 2. The van der Waals surface area contributed by atoms with Crippen LogP contribution in [0.25, 0.3) is 5.57 Å². The molecule has 1 aliphatic rings. The Morgan fingerprint density at radius 3 is 2.05 bits per heavy atom. The summed E-state index contributed by atoms with van der Waals surface area (Å²) in [5.41, 5.74) is 6.85. The number of hydrazine groups is 1. The Balaban J connectivity index is 1.45. The summed E-state index contributed by atoms with van der Waals surface area (Å²) in [4.78, 5) is 40.0. The van der Waals surface area contributed by atoms with E-state index in [-0.39, 0.29) is 18.1 Å². The fraction of sp³-hybridized carbons (Fsp3) is 0.179. The molecule has 0 saturated carbocycles. The number of halogens is 3. The highest BCUT2D eigenvalue weighted by atomic mass is 19.4. The zero-order chi connectivity index (χ0) is 27.1. The normalized spacial score (nSPS) is 13.3. The van der Waals surface area contributed by atoms with Crippen LogP contribution in [-0.4, -0.2) is 42.0 Å². The minimum atomic E-state index is -5.11. The average Bonchev–Trinajstić information content (AvgIpc) is 2.95. The summed E-state index contributed by atoms with van der Waals surface area (Å²) in [6, 6.07) is 25.1. The van der Waals surface area contributed by atoms with Gasteiger partial charge >= 0.3 is 18.1 Å². The van der Waals surface area contributed by atoms with E-state index in [0.717, 1.165) is 12.0 Å². The lowest BCUT2D eigenvalue weighted by Crippen LogP contribution is -2.47. The van der Waals surface area contributed by atoms with E-state index in [9.17, 15) is 27.6 Å². The molecule has 4 amide bonds. The van der Waals surface area contributed by atoms with E-state index in [1.54, 1.807) is 27.4 Å². The topological polar surface area (TPSA) is 81.8 Å². The summed E-state index contributed by atoms with van der Waals surface area (Å²) in [7, 11) is 0. The number of para-hydroxylation sites is 1. The van der Waals surface area contributed by atoms with Crippen LogP contribution in [0.4, 0.5) is 23.7 Å². The molecule has 196 valence electrons. The van der Waals surface area contributed by atoms with Gasteiger partial charge in [-0.15, -0.1) is 0 Å². The maximum Gasteiger partial charge on any atom is 0.472 e. The molecule has 7 nitrogen and oxygen atoms in total. The van der Waals surface area contributed by atoms with Gasteiger partial charge in [-0.1, -0.05) is 66.7 Å². The summed E-state index contributed by atoms with van der Waals surface area (Å²) in [6.45, 7) is 1.24. The molecule has 38 heavy (non-hydrogen) atoms. The van der Waals surface area contributed by atoms with E-state index in [4.69, 9.17) is 0 Å². The van der Waals surface area contributed by atoms with Crippen molar-refractivity contribution in [1.29, 1.82) is 0 Å². The number of benzene rings is 3. The molecule has 0 unspecified atom stereocenters. The summed E-state index contributed by atoms with van der Waals surface area (Å²) >= 11 is 0. The van der Waals surface area contributed by atoms with Crippen molar-refractivity contribution in [2.24, 2.45) is 0 Å². The third-order valence-electron chi connectivity index (χ3n) is 6.03. The van der Waals surface area contributed by atoms with Crippen LogP contribution < -0.4 is 15.8 Å². The maximum atomic E-state index is 13.6. The van der Waals surface area contributed by atoms with Gasteiger partial charge in [0, 0.05) is 24.3 Å². The van der Waals surface area contributed by atoms with Crippen molar-refractivity contribution in [2.75, 3.05) is 18.0 Å². The van der Waals surface area contributed by atoms with Crippen LogP contribution in [0.2, 0.25) is 0 Å². The van der Waals surface area contributed by atoms with Gasteiger partial charge in [0.15, 0.2) is 0 Å². The molecule has 10 heteroatoms. The lowest BCUT2D eigenvalue weighted by molar-refractivity contribution is -0.174. The first-order valence-corrected chi connectivity index (χ1v) is 11.8. The molecule has 0 atom stereocenters. The summed E-state index contributed by atoms with van der Waals surface area (Å²) < 4.78 is 36.9. The summed E-state index contributed by atoms with van der Waals surface area (Å²) in [5, 5.41) is 0. The maximum absolute atomic E-state index is 13.6. The molecular weight excluding hydrogens is 497 g/mol. The molecule has 0 fully saturated rings. The van der Waals surface area contributed by atoms with E-state index in [2.05, 4.69) is 6.08 Å². The SMILES string of the molecule is O=C(NNC(=O)C(F)(F)F)c1ccc(CN(C(=O)N2CC=C(c3ccccc3)CC2)c2ccccc2)cc1. The van der Waals surface area contributed by atoms with Gasteiger partial charge in [0.25, 0.3) is 5.91 Å². The number of rotatable bonds is 5. The van der Waals surface area contributed by atoms with Gasteiger partial charge in [-0.2, -0.15) is 13.2 Å². The van der Waals surface area contributed by atoms with Crippen molar-refractivity contribution in [1.82, 2.24) is 15.8 Å². The van der Waals surface area contributed by atoms with Crippen LogP contribution in [0.15, 0.2) is 91.0 Å². The van der Waals surface area contributed by atoms with Crippen LogP contribution in [-0.2, 0) is 11.3 Å². The van der Waals surface area contributed by atoms with Crippen LogP contribution in [0.1, 0.15) is 27.9 Å². The third kappa shape index (κ3) is 6.58. The number of anilines is 1. The standard InChI is InChI=1S/C28H25F3N4O3/c29-28(30,31)26(37)33-32-25(36)23-13-11-20(12-14-23)19-35(24-9-5-2-6-10-24)27(38)34-17-15-22(16-18-34)21-7-3-1-4-8-21/h1-15H,16-19H2,(H,32,36)(H,33,37). The zero-order valence-electron chi connectivity index (χ0n) is 20.2. The number of hydrogen-bond acceptors (Lipinski definition) is 3. The largest absolute Gasteiger partial charge is 0.472 e. The summed E-state index contributed by atoms with van der Waals surface area (Å²) in [6.07, 6.45) is -2.32. The molecule has 3 aromatic rings. The summed E-state index contributed by atoms with van der Waals surface area (Å²) in [5.74, 6) is -3.18. The smallest absolute Gasteiger partial charge is 0.320 e. The van der Waals surface area contributed by atoms with E-state index < -0.39 is 18.0 Å². The second kappa shape index (κ2) is 11.6. The molecule has 1 heterocycles. The van der Waals surface area contributed by atoms with Crippen LogP contribution >= 0.6 is 0 Å². The Bertz CT molecular complexity index is 1310. The zero-order valence-corrected chi connectivity index (χ0v) is 20.2. The fourth-order valence-corrected chi connectivity index (χ4v) is 4.01. The average molecular weight is 523 g/mol. The van der Waals surface area contributed by atoms with Crippen molar-refractivity contribution in [3.63, 3.8) is 0 Å². The molecule has 0 aliphatic carbocycles. The fourth-order valence-electron chi connectivity index (χ4n) is 4.01. The van der Waals surface area contributed by atoms with Gasteiger partial charge in [0.2, 0.25) is 0 Å². The van der Waals surface area contributed by atoms with E-state index >= 15 is 0 Å². The van der Waals surface area contributed by atoms with E-state index in [1.165, 1.54) is 23.1 Å². The predicted molar refractivity (Wildman–Crippen MR) is 137 cm³/mol. The number of carbonyl (C=O) groups excluding carboxylic acids is 3. The van der Waals surface area contributed by atoms with Crippen LogP contribution in [0, 0.1) is 0 Å². The first-order valence-electron chi connectivity index (χ1n) is 11.8. The lowest BCUT2D eigenvalue weighted by Gasteiger charge is -2.33. The first kappa shape index (κ1) is 26.5. The second-order valence-corrected chi connectivity index (χ2v) is 8.60. The van der Waals surface area contributed by atoms with Gasteiger partial charge in [-0.3, -0.25) is 25.3 Å². The van der Waals surface area contributed by atoms with E-state index in [1.807, 2.05) is 60.7 Å². The van der Waals surface area contributed by atoms with Crippen molar-refractivity contribution in [2.45, 2.75) is 19.1 Å². The van der Waals surface area contributed by atoms with Gasteiger partial charge < -0.3 is 4.90 Å². The minimum Gasteiger partial charge on any atom is -0.320 e. The second-order valence-electron chi connectivity index (χ2n) is 8.60. The van der Waals surface area contributed by atoms with Gasteiger partial charge in [-0.05, 0) is 47.4 Å². The number of hydrogen-bond donors (Lipinski definition) is 2. The number of alkyl halides is 3. The van der Waals surface area contributed by atoms with Crippen molar-refractivity contribution in [3.8, 4) is 0 Å². The Labute approximate surface area is 217 Å². The number of carbonyl (C=O) groups is 3. The number of urea groups is 1. The molecule has 1 aliphatic heterocycles. The van der Waals surface area contributed by atoms with Crippen molar-refractivity contribution < 1.29 is 27.6 Å². The predicted octanol–water partition coefficient (Wildman–Crippen LogP) is 4.93. The van der Waals surface area contributed by atoms with Gasteiger partial charge in [-0.25, -0.2) is 4.79 Å². The first-order chi connectivity index (χ1) is 18.2. The quantitative estimate of drug-likeness (QED) is 0.467. The monoisotopic (exact) mass is 522 g/mol. The lowest BCUT2D eigenvalue weighted by atomic mass is 10.00. The van der Waals surface area contributed by atoms with Crippen LogP contribution in [0.5, 0.6) is 0 Å². The molecule has 3 aromatic carbocycles. The highest BCUT2D eigenvalue weighted by molar-refractivity contribution is 5.96. The molecule has 2 N–H and O–H groups in total. The Morgan fingerprint density at radius 1 is 0.842 bits per heavy atom. The third-order valence-corrected chi connectivity index (χ3v) is 6.03. The van der Waals surface area contributed by atoms with Gasteiger partial charge in [0.05, 0.1) is 6.54 Å². The van der Waals surface area contributed by atoms with E-state index in [0.29, 0.717) is 24.3 Å². The molecule has 0 saturated heterocycles. The highest BCUT2D eigenvalue weighted by Crippen LogP contribution is 2.25. The molecule has 0 bridgehead atoms. The number of nitrogens with zero attached hydrogens (tertiary/aromatic N) is 2. The Kier molecular flexibility index (Phi) is 8.10. The molecule has 4 rings (SSSR count). The minimum absolute atomic E-state index is 0.0448. The number of amides is 4. The van der Waals surface area contributed by atoms with Crippen molar-refractivity contribution >= 4 is 29.1 Å². The Morgan fingerprint density at radius 2 is 1.47 bits per heavy atom. The molecule has 0 spiro atoms. The Hall–Kier alpha value is -4.60. The van der Waals surface area contributed by atoms with Gasteiger partial charge in [0.1, 0.15) is 0 Å². The molecule has 0 radical (unpaired) electrons. The highest BCUT2D eigenvalue weighted by Gasteiger charge is 2.39. The molecule has 0 aromatic heterocycles. The van der Waals surface area contributed by atoms with Crippen LogP contribution in [0.3, 0.4) is 0 Å². The van der Waals surface area contributed by atoms with Crippen molar-refractivity contribution in [3.05, 3.63) is 108 Å².